The van der Waals surface area contributed by atoms with Gasteiger partial charge in [0.2, 0.25) is 0 Å². The number of rotatable bonds is 4. The van der Waals surface area contributed by atoms with Gasteiger partial charge in [0.25, 0.3) is 0 Å². The maximum atomic E-state index is 10.9. The maximum absolute atomic E-state index is 10.9. The fraction of sp³-hybridized carbons (Fsp3) is 0.533. The molecule has 3 heteroatoms. The molecule has 0 saturated carbocycles. The molecule has 0 amide bonds. The van der Waals surface area contributed by atoms with E-state index in [1.165, 1.54) is 0 Å². The normalized spacial score (nSPS) is 8.33. The van der Waals surface area contributed by atoms with Crippen LogP contribution in [0.5, 0.6) is 5.75 Å². The van der Waals surface area contributed by atoms with Gasteiger partial charge in [0.05, 0.1) is 6.61 Å². The Balaban J connectivity index is 0. The summed E-state index contributed by atoms with van der Waals surface area (Å²) in [4.78, 5) is 10.9. The standard InChI is InChI=1S/C11H14O3.2C2H6/c1-3-11(12)14-10-6-4-9(5-7-10)8-13-2;2*1-2/h4-7H,3,8H2,1-2H3;2*1-2H3. The number of carbonyl (C=O) groups is 1. The smallest absolute Gasteiger partial charge is 0.310 e. The topological polar surface area (TPSA) is 35.5 Å². The zero-order valence-corrected chi connectivity index (χ0v) is 12.4. The first kappa shape index (κ1) is 19.0. The number of carbonyl (C=O) groups excluding carboxylic acids is 1. The highest BCUT2D eigenvalue weighted by atomic mass is 16.5. The molecule has 0 fully saturated rings. The van der Waals surface area contributed by atoms with Gasteiger partial charge in [0.15, 0.2) is 0 Å². The molecule has 0 unspecified atom stereocenters. The van der Waals surface area contributed by atoms with Crippen molar-refractivity contribution in [3.63, 3.8) is 0 Å². The van der Waals surface area contributed by atoms with Crippen LogP contribution in [0.25, 0.3) is 0 Å². The summed E-state index contributed by atoms with van der Waals surface area (Å²) in [6.45, 7) is 10.3. The van der Waals surface area contributed by atoms with E-state index in [0.29, 0.717) is 18.8 Å². The van der Waals surface area contributed by atoms with Crippen molar-refractivity contribution in [3.05, 3.63) is 29.8 Å². The number of benzene rings is 1. The molecule has 0 radical (unpaired) electrons. The van der Waals surface area contributed by atoms with Crippen molar-refractivity contribution >= 4 is 5.97 Å². The quantitative estimate of drug-likeness (QED) is 0.596. The van der Waals surface area contributed by atoms with Crippen molar-refractivity contribution in [2.24, 2.45) is 0 Å². The van der Waals surface area contributed by atoms with Crippen molar-refractivity contribution in [1.29, 1.82) is 0 Å². The Labute approximate surface area is 111 Å². The molecule has 0 N–H and O–H groups in total. The summed E-state index contributed by atoms with van der Waals surface area (Å²) < 4.78 is 9.98. The second-order valence-corrected chi connectivity index (χ2v) is 2.90. The third-order valence-electron chi connectivity index (χ3n) is 1.75. The van der Waals surface area contributed by atoms with Crippen LogP contribution >= 0.6 is 0 Å². The van der Waals surface area contributed by atoms with Crippen LogP contribution in [0.3, 0.4) is 0 Å². The monoisotopic (exact) mass is 254 g/mol. The number of methoxy groups -OCH3 is 1. The molecule has 0 aromatic heterocycles. The van der Waals surface area contributed by atoms with Crippen molar-refractivity contribution in [2.75, 3.05) is 7.11 Å². The number of hydrogen-bond donors (Lipinski definition) is 0. The minimum atomic E-state index is -0.218. The van der Waals surface area contributed by atoms with Crippen LogP contribution in [-0.2, 0) is 16.1 Å². The summed E-state index contributed by atoms with van der Waals surface area (Å²) in [5, 5.41) is 0. The maximum Gasteiger partial charge on any atom is 0.310 e. The molecular formula is C15H26O3. The van der Waals surface area contributed by atoms with Gasteiger partial charge in [0, 0.05) is 13.5 Å². The Kier molecular flexibility index (Phi) is 14.5. The average Bonchev–Trinajstić information content (AvgIpc) is 2.45. The summed E-state index contributed by atoms with van der Waals surface area (Å²) in [6, 6.07) is 7.29. The second-order valence-electron chi connectivity index (χ2n) is 2.90. The molecule has 0 aliphatic heterocycles. The fourth-order valence-electron chi connectivity index (χ4n) is 1.02. The van der Waals surface area contributed by atoms with Gasteiger partial charge in [-0.1, -0.05) is 46.8 Å². The van der Waals surface area contributed by atoms with Crippen molar-refractivity contribution in [2.45, 2.75) is 47.6 Å². The Bertz CT molecular complexity index is 291. The number of esters is 1. The van der Waals surface area contributed by atoms with E-state index in [2.05, 4.69) is 0 Å². The van der Waals surface area contributed by atoms with Gasteiger partial charge in [-0.3, -0.25) is 4.79 Å². The molecule has 3 nitrogen and oxygen atoms in total. The number of ether oxygens (including phenoxy) is 2. The lowest BCUT2D eigenvalue weighted by Gasteiger charge is -2.03. The van der Waals surface area contributed by atoms with E-state index in [-0.39, 0.29) is 5.97 Å². The van der Waals surface area contributed by atoms with Crippen molar-refractivity contribution in [3.8, 4) is 5.75 Å². The van der Waals surface area contributed by atoms with Gasteiger partial charge in [-0.05, 0) is 17.7 Å². The third-order valence-corrected chi connectivity index (χ3v) is 1.75. The first-order chi connectivity index (χ1) is 8.76. The first-order valence-electron chi connectivity index (χ1n) is 6.54. The van der Waals surface area contributed by atoms with E-state index in [1.807, 2.05) is 39.8 Å². The summed E-state index contributed by atoms with van der Waals surface area (Å²) >= 11 is 0. The van der Waals surface area contributed by atoms with Crippen LogP contribution in [0.1, 0.15) is 46.6 Å². The van der Waals surface area contributed by atoms with Gasteiger partial charge in [-0.15, -0.1) is 0 Å². The van der Waals surface area contributed by atoms with Crippen molar-refractivity contribution < 1.29 is 14.3 Å². The predicted molar refractivity (Wildman–Crippen MR) is 75.8 cm³/mol. The molecular weight excluding hydrogens is 228 g/mol. The van der Waals surface area contributed by atoms with Gasteiger partial charge in [-0.25, -0.2) is 0 Å². The lowest BCUT2D eigenvalue weighted by molar-refractivity contribution is -0.134. The average molecular weight is 254 g/mol. The first-order valence-corrected chi connectivity index (χ1v) is 6.54. The minimum absolute atomic E-state index is 0.218. The van der Waals surface area contributed by atoms with Crippen molar-refractivity contribution in [1.82, 2.24) is 0 Å². The molecule has 104 valence electrons. The molecule has 0 saturated heterocycles. The SMILES string of the molecule is CC.CC.CCC(=O)Oc1ccc(COC)cc1. The van der Waals surface area contributed by atoms with E-state index in [9.17, 15) is 4.79 Å². The van der Waals surface area contributed by atoms with E-state index in [0.717, 1.165) is 5.56 Å². The van der Waals surface area contributed by atoms with E-state index in [4.69, 9.17) is 9.47 Å². The van der Waals surface area contributed by atoms with Crippen LogP contribution in [0, 0.1) is 0 Å². The zero-order valence-electron chi connectivity index (χ0n) is 12.4. The predicted octanol–water partition coefficient (Wildman–Crippen LogP) is 4.20. The second kappa shape index (κ2) is 13.7. The van der Waals surface area contributed by atoms with Gasteiger partial charge in [0.1, 0.15) is 5.75 Å². The van der Waals surface area contributed by atoms with Crippen LogP contribution in [0.4, 0.5) is 0 Å². The lowest BCUT2D eigenvalue weighted by Crippen LogP contribution is -2.05. The summed E-state index contributed by atoms with van der Waals surface area (Å²) in [5.74, 6) is 0.362. The molecule has 1 rings (SSSR count). The van der Waals surface area contributed by atoms with Crippen LogP contribution in [0.15, 0.2) is 24.3 Å². The largest absolute Gasteiger partial charge is 0.427 e. The zero-order chi connectivity index (χ0) is 14.4. The van der Waals surface area contributed by atoms with Gasteiger partial charge in [-0.2, -0.15) is 0 Å². The lowest BCUT2D eigenvalue weighted by atomic mass is 10.2. The Morgan fingerprint density at radius 3 is 1.94 bits per heavy atom. The molecule has 1 aromatic rings. The fourth-order valence-corrected chi connectivity index (χ4v) is 1.02. The van der Waals surface area contributed by atoms with Gasteiger partial charge < -0.3 is 9.47 Å². The van der Waals surface area contributed by atoms with Crippen LogP contribution in [-0.4, -0.2) is 13.1 Å². The molecule has 0 bridgehead atoms. The molecule has 0 atom stereocenters. The Morgan fingerprint density at radius 2 is 1.56 bits per heavy atom. The molecule has 1 aromatic carbocycles. The summed E-state index contributed by atoms with van der Waals surface area (Å²) in [5.41, 5.74) is 1.06. The highest BCUT2D eigenvalue weighted by Crippen LogP contribution is 2.13. The molecule has 0 heterocycles. The van der Waals surface area contributed by atoms with E-state index >= 15 is 0 Å². The van der Waals surface area contributed by atoms with Crippen LogP contribution in [0.2, 0.25) is 0 Å². The molecule has 0 spiro atoms. The third kappa shape index (κ3) is 8.76. The van der Waals surface area contributed by atoms with E-state index < -0.39 is 0 Å². The van der Waals surface area contributed by atoms with E-state index in [1.54, 1.807) is 26.2 Å². The summed E-state index contributed by atoms with van der Waals surface area (Å²) in [7, 11) is 1.64. The molecule has 18 heavy (non-hydrogen) atoms. The highest BCUT2D eigenvalue weighted by molar-refractivity contribution is 5.71. The molecule has 0 aliphatic rings. The van der Waals surface area contributed by atoms with Crippen LogP contribution < -0.4 is 4.74 Å². The Morgan fingerprint density at radius 1 is 1.06 bits per heavy atom. The Hall–Kier alpha value is -1.35. The number of hydrogen-bond acceptors (Lipinski definition) is 3. The minimum Gasteiger partial charge on any atom is -0.427 e. The highest BCUT2D eigenvalue weighted by Gasteiger charge is 2.00. The summed E-state index contributed by atoms with van der Waals surface area (Å²) in [6.07, 6.45) is 0.389. The van der Waals surface area contributed by atoms with Gasteiger partial charge >= 0.3 is 5.97 Å². The molecule has 0 aliphatic carbocycles.